The van der Waals surface area contributed by atoms with Gasteiger partial charge < -0.3 is 9.84 Å². The number of hydrogen-bond donors (Lipinski definition) is 1. The standard InChI is InChI=1S/C24H27N3O2/c1-29-22-10-6-18(7-11-22)15-27-12-2-3-21(16-27)24-14-25-13-23(26-24)20-8-4-19(17-28)5-9-20/h4-11,13-14,21,28H,2-3,12,15-17H2,1H3/t21-/m0/s1. The molecule has 0 aliphatic carbocycles. The van der Waals surface area contributed by atoms with Crippen LogP contribution in [0.4, 0.5) is 0 Å². The number of benzene rings is 2. The molecule has 1 aliphatic heterocycles. The van der Waals surface area contributed by atoms with Gasteiger partial charge in [0.15, 0.2) is 0 Å². The summed E-state index contributed by atoms with van der Waals surface area (Å²) < 4.78 is 5.25. The van der Waals surface area contributed by atoms with E-state index in [4.69, 9.17) is 9.72 Å². The lowest BCUT2D eigenvalue weighted by molar-refractivity contribution is 0.198. The molecule has 2 heterocycles. The van der Waals surface area contributed by atoms with Crippen molar-refractivity contribution in [2.24, 2.45) is 0 Å². The molecule has 0 bridgehead atoms. The van der Waals surface area contributed by atoms with Gasteiger partial charge in [0, 0.05) is 30.8 Å². The van der Waals surface area contributed by atoms with Gasteiger partial charge in [-0.15, -0.1) is 0 Å². The van der Waals surface area contributed by atoms with Crippen molar-refractivity contribution in [1.82, 2.24) is 14.9 Å². The molecule has 3 aromatic rings. The summed E-state index contributed by atoms with van der Waals surface area (Å²) >= 11 is 0. The third kappa shape index (κ3) is 4.81. The second-order valence-corrected chi connectivity index (χ2v) is 7.61. The first-order valence-electron chi connectivity index (χ1n) is 10.1. The minimum Gasteiger partial charge on any atom is -0.497 e. The number of aliphatic hydroxyl groups excluding tert-OH is 1. The molecule has 0 unspecified atom stereocenters. The number of nitrogens with zero attached hydrogens (tertiary/aromatic N) is 3. The molecule has 1 fully saturated rings. The lowest BCUT2D eigenvalue weighted by Gasteiger charge is -2.32. The maximum Gasteiger partial charge on any atom is 0.118 e. The Morgan fingerprint density at radius 1 is 1.03 bits per heavy atom. The molecule has 2 aromatic carbocycles. The zero-order chi connectivity index (χ0) is 20.1. The van der Waals surface area contributed by atoms with E-state index >= 15 is 0 Å². The van der Waals surface area contributed by atoms with Crippen LogP contribution >= 0.6 is 0 Å². The Hall–Kier alpha value is -2.76. The molecule has 1 N–H and O–H groups in total. The van der Waals surface area contributed by atoms with Gasteiger partial charge in [0.1, 0.15) is 5.75 Å². The molecule has 0 amide bonds. The molecule has 1 aromatic heterocycles. The first kappa shape index (κ1) is 19.6. The summed E-state index contributed by atoms with van der Waals surface area (Å²) in [5.74, 6) is 1.29. The third-order valence-electron chi connectivity index (χ3n) is 5.57. The summed E-state index contributed by atoms with van der Waals surface area (Å²) in [6.07, 6.45) is 6.03. The van der Waals surface area contributed by atoms with E-state index in [1.54, 1.807) is 7.11 Å². The molecular weight excluding hydrogens is 362 g/mol. The van der Waals surface area contributed by atoms with Crippen LogP contribution in [-0.2, 0) is 13.2 Å². The quantitative estimate of drug-likeness (QED) is 0.690. The van der Waals surface area contributed by atoms with Crippen LogP contribution in [0, 0.1) is 0 Å². The van der Waals surface area contributed by atoms with Gasteiger partial charge in [-0.2, -0.15) is 0 Å². The van der Waals surface area contributed by atoms with E-state index in [1.165, 1.54) is 5.56 Å². The Labute approximate surface area is 172 Å². The largest absolute Gasteiger partial charge is 0.497 e. The van der Waals surface area contributed by atoms with Crippen molar-refractivity contribution in [2.75, 3.05) is 20.2 Å². The Kier molecular flexibility index (Phi) is 6.17. The molecule has 5 heteroatoms. The summed E-state index contributed by atoms with van der Waals surface area (Å²) in [6, 6.07) is 16.2. The lowest BCUT2D eigenvalue weighted by atomic mass is 9.94. The van der Waals surface area contributed by atoms with Gasteiger partial charge in [0.05, 0.1) is 31.3 Å². The maximum atomic E-state index is 9.23. The molecular formula is C24H27N3O2. The van der Waals surface area contributed by atoms with E-state index in [-0.39, 0.29) is 6.61 Å². The summed E-state index contributed by atoms with van der Waals surface area (Å²) in [6.45, 7) is 3.10. The number of ether oxygens (including phenoxy) is 1. The molecule has 0 spiro atoms. The van der Waals surface area contributed by atoms with Gasteiger partial charge in [0.25, 0.3) is 0 Å². The topological polar surface area (TPSA) is 58.5 Å². The third-order valence-corrected chi connectivity index (χ3v) is 5.57. The van der Waals surface area contributed by atoms with Gasteiger partial charge in [-0.1, -0.05) is 36.4 Å². The monoisotopic (exact) mass is 389 g/mol. The van der Waals surface area contributed by atoms with E-state index < -0.39 is 0 Å². The highest BCUT2D eigenvalue weighted by Gasteiger charge is 2.23. The predicted molar refractivity (Wildman–Crippen MR) is 114 cm³/mol. The van der Waals surface area contributed by atoms with Gasteiger partial charge in [0.2, 0.25) is 0 Å². The van der Waals surface area contributed by atoms with Crippen molar-refractivity contribution in [1.29, 1.82) is 0 Å². The molecule has 0 saturated carbocycles. The molecule has 4 rings (SSSR count). The molecule has 0 radical (unpaired) electrons. The van der Waals surface area contributed by atoms with Crippen molar-refractivity contribution in [3.63, 3.8) is 0 Å². The molecule has 1 aliphatic rings. The highest BCUT2D eigenvalue weighted by Crippen LogP contribution is 2.28. The Morgan fingerprint density at radius 2 is 1.79 bits per heavy atom. The van der Waals surface area contributed by atoms with Gasteiger partial charge in [-0.25, -0.2) is 4.98 Å². The van der Waals surface area contributed by atoms with E-state index in [2.05, 4.69) is 22.0 Å². The van der Waals surface area contributed by atoms with Crippen LogP contribution in [-0.4, -0.2) is 40.2 Å². The van der Waals surface area contributed by atoms with Crippen LogP contribution in [0.1, 0.15) is 35.6 Å². The van der Waals surface area contributed by atoms with Gasteiger partial charge in [-0.05, 0) is 42.6 Å². The predicted octanol–water partition coefficient (Wildman–Crippen LogP) is 4.02. The van der Waals surface area contributed by atoms with Crippen LogP contribution in [0.3, 0.4) is 0 Å². The number of methoxy groups -OCH3 is 1. The average Bonchev–Trinajstić information content (AvgIpc) is 2.80. The van der Waals surface area contributed by atoms with Gasteiger partial charge >= 0.3 is 0 Å². The number of hydrogen-bond acceptors (Lipinski definition) is 5. The Balaban J connectivity index is 1.46. The number of likely N-dealkylation sites (tertiary alicyclic amines) is 1. The van der Waals surface area contributed by atoms with Crippen molar-refractivity contribution in [2.45, 2.75) is 31.9 Å². The van der Waals surface area contributed by atoms with E-state index in [0.717, 1.165) is 60.7 Å². The minimum absolute atomic E-state index is 0.0537. The molecule has 150 valence electrons. The molecule has 1 atom stereocenters. The lowest BCUT2D eigenvalue weighted by Crippen LogP contribution is -2.34. The fourth-order valence-electron chi connectivity index (χ4n) is 3.93. The Bertz CT molecular complexity index is 926. The maximum absolute atomic E-state index is 9.23. The van der Waals surface area contributed by atoms with Crippen molar-refractivity contribution >= 4 is 0 Å². The summed E-state index contributed by atoms with van der Waals surface area (Å²) in [7, 11) is 1.69. The average molecular weight is 389 g/mol. The number of aliphatic hydroxyl groups is 1. The van der Waals surface area contributed by atoms with Crippen LogP contribution in [0.2, 0.25) is 0 Å². The fraction of sp³-hybridized carbons (Fsp3) is 0.333. The first-order chi connectivity index (χ1) is 14.2. The molecule has 5 nitrogen and oxygen atoms in total. The number of aromatic nitrogens is 2. The van der Waals surface area contributed by atoms with E-state index in [1.807, 2.05) is 48.8 Å². The van der Waals surface area contributed by atoms with E-state index in [9.17, 15) is 5.11 Å². The van der Waals surface area contributed by atoms with Crippen molar-refractivity contribution in [3.05, 3.63) is 77.7 Å². The highest BCUT2D eigenvalue weighted by molar-refractivity contribution is 5.58. The fourth-order valence-corrected chi connectivity index (χ4v) is 3.93. The van der Waals surface area contributed by atoms with E-state index in [0.29, 0.717) is 5.92 Å². The summed E-state index contributed by atoms with van der Waals surface area (Å²) in [5, 5.41) is 9.23. The SMILES string of the molecule is COc1ccc(CN2CCC[C@H](c3cncc(-c4ccc(CO)cc4)n3)C2)cc1. The minimum atomic E-state index is 0.0537. The second kappa shape index (κ2) is 9.16. The zero-order valence-electron chi connectivity index (χ0n) is 16.8. The molecule has 29 heavy (non-hydrogen) atoms. The number of rotatable bonds is 6. The number of piperidine rings is 1. The van der Waals surface area contributed by atoms with Crippen molar-refractivity contribution < 1.29 is 9.84 Å². The highest BCUT2D eigenvalue weighted by atomic mass is 16.5. The van der Waals surface area contributed by atoms with Crippen LogP contribution in [0.25, 0.3) is 11.3 Å². The Morgan fingerprint density at radius 3 is 2.52 bits per heavy atom. The second-order valence-electron chi connectivity index (χ2n) is 7.61. The summed E-state index contributed by atoms with van der Waals surface area (Å²) in [4.78, 5) is 11.9. The smallest absolute Gasteiger partial charge is 0.118 e. The normalized spacial score (nSPS) is 17.2. The van der Waals surface area contributed by atoms with Crippen LogP contribution in [0.15, 0.2) is 60.9 Å². The van der Waals surface area contributed by atoms with Crippen LogP contribution in [0.5, 0.6) is 5.75 Å². The zero-order valence-corrected chi connectivity index (χ0v) is 16.8. The van der Waals surface area contributed by atoms with Crippen LogP contribution < -0.4 is 4.74 Å². The summed E-state index contributed by atoms with van der Waals surface area (Å²) in [5.41, 5.74) is 5.18. The van der Waals surface area contributed by atoms with Crippen molar-refractivity contribution in [3.8, 4) is 17.0 Å². The first-order valence-corrected chi connectivity index (χ1v) is 10.1. The molecule has 1 saturated heterocycles. The van der Waals surface area contributed by atoms with Gasteiger partial charge in [-0.3, -0.25) is 9.88 Å².